The maximum atomic E-state index is 11.5. The summed E-state index contributed by atoms with van der Waals surface area (Å²) >= 11 is 0. The Hall–Kier alpha value is -0.710. The monoisotopic (exact) mass is 323 g/mol. The van der Waals surface area contributed by atoms with Gasteiger partial charge in [0.15, 0.2) is 0 Å². The third-order valence-corrected chi connectivity index (χ3v) is 6.04. The van der Waals surface area contributed by atoms with Crippen LogP contribution >= 0.6 is 0 Å². The van der Waals surface area contributed by atoms with E-state index in [9.17, 15) is 9.32 Å². The smallest absolute Gasteiger partial charge is 0.0774 e. The van der Waals surface area contributed by atoms with Crippen molar-refractivity contribution in [2.45, 2.75) is 56.1 Å². The second kappa shape index (κ2) is 7.24. The van der Waals surface area contributed by atoms with Crippen molar-refractivity contribution in [3.05, 3.63) is 29.8 Å². The summed E-state index contributed by atoms with van der Waals surface area (Å²) in [5.41, 5.74) is 0.657. The number of benzene rings is 1. The first-order valence-electron chi connectivity index (χ1n) is 8.17. The average Bonchev–Trinajstić information content (AvgIpc) is 2.50. The topological polar surface area (TPSA) is 40.5 Å². The van der Waals surface area contributed by atoms with Gasteiger partial charge < -0.3 is 5.11 Å². The SMILES string of the molecule is CC1CCC(O)(CN(C)C(C)c2ccc(S(C)=O)cc2)CC1. The van der Waals surface area contributed by atoms with Crippen molar-refractivity contribution in [2.75, 3.05) is 19.8 Å². The maximum Gasteiger partial charge on any atom is 0.0774 e. The van der Waals surface area contributed by atoms with Crippen LogP contribution in [0.5, 0.6) is 0 Å². The van der Waals surface area contributed by atoms with E-state index in [0.29, 0.717) is 6.54 Å². The zero-order valence-electron chi connectivity index (χ0n) is 14.2. The average molecular weight is 324 g/mol. The summed E-state index contributed by atoms with van der Waals surface area (Å²) in [4.78, 5) is 3.09. The summed E-state index contributed by atoms with van der Waals surface area (Å²) in [6, 6.07) is 8.21. The van der Waals surface area contributed by atoms with E-state index in [1.54, 1.807) is 6.26 Å². The van der Waals surface area contributed by atoms with Crippen LogP contribution in [0.3, 0.4) is 0 Å². The fourth-order valence-corrected chi connectivity index (χ4v) is 3.77. The molecular formula is C18H29NO2S. The third-order valence-electron chi connectivity index (χ3n) is 5.10. The van der Waals surface area contributed by atoms with E-state index in [1.165, 1.54) is 5.56 Å². The summed E-state index contributed by atoms with van der Waals surface area (Å²) in [5.74, 6) is 0.741. The lowest BCUT2D eigenvalue weighted by molar-refractivity contribution is -0.0367. The summed E-state index contributed by atoms with van der Waals surface area (Å²) in [7, 11) is 1.15. The Morgan fingerprint density at radius 1 is 1.32 bits per heavy atom. The van der Waals surface area contributed by atoms with Crippen molar-refractivity contribution in [3.8, 4) is 0 Å². The van der Waals surface area contributed by atoms with Crippen molar-refractivity contribution in [1.82, 2.24) is 4.90 Å². The zero-order valence-corrected chi connectivity index (χ0v) is 15.0. The highest BCUT2D eigenvalue weighted by molar-refractivity contribution is 7.84. The summed E-state index contributed by atoms with van der Waals surface area (Å²) in [5, 5.41) is 10.8. The van der Waals surface area contributed by atoms with Gasteiger partial charge in [-0.05, 0) is 63.3 Å². The first-order chi connectivity index (χ1) is 10.3. The van der Waals surface area contributed by atoms with Crippen LogP contribution in [-0.2, 0) is 10.8 Å². The second-order valence-corrected chi connectivity index (χ2v) is 8.40. The molecule has 1 fully saturated rings. The molecule has 0 spiro atoms. The van der Waals surface area contributed by atoms with E-state index < -0.39 is 16.4 Å². The molecule has 0 aliphatic heterocycles. The van der Waals surface area contributed by atoms with E-state index in [1.807, 2.05) is 24.3 Å². The molecule has 22 heavy (non-hydrogen) atoms. The number of aliphatic hydroxyl groups is 1. The highest BCUT2D eigenvalue weighted by atomic mass is 32.2. The molecular weight excluding hydrogens is 294 g/mol. The predicted molar refractivity (Wildman–Crippen MR) is 92.4 cm³/mol. The van der Waals surface area contributed by atoms with E-state index >= 15 is 0 Å². The number of likely N-dealkylation sites (N-methyl/N-ethyl adjacent to an activating group) is 1. The van der Waals surface area contributed by atoms with Gasteiger partial charge in [0.2, 0.25) is 0 Å². The second-order valence-electron chi connectivity index (χ2n) is 7.02. The van der Waals surface area contributed by atoms with Crippen molar-refractivity contribution < 1.29 is 9.32 Å². The minimum Gasteiger partial charge on any atom is -0.389 e. The minimum atomic E-state index is -0.931. The van der Waals surface area contributed by atoms with Crippen LogP contribution in [0, 0.1) is 5.92 Å². The van der Waals surface area contributed by atoms with Crippen LogP contribution in [0.1, 0.15) is 51.1 Å². The lowest BCUT2D eigenvalue weighted by atomic mass is 9.79. The Bertz CT molecular complexity index is 506. The van der Waals surface area contributed by atoms with Crippen LogP contribution in [0.15, 0.2) is 29.2 Å². The molecule has 0 radical (unpaired) electrons. The summed E-state index contributed by atoms with van der Waals surface area (Å²) in [6.45, 7) is 5.14. The highest BCUT2D eigenvalue weighted by Crippen LogP contribution is 2.33. The predicted octanol–water partition coefficient (Wildman–Crippen LogP) is 3.36. The molecule has 124 valence electrons. The number of rotatable bonds is 5. The maximum absolute atomic E-state index is 11.5. The fourth-order valence-electron chi connectivity index (χ4n) is 3.25. The van der Waals surface area contributed by atoms with Gasteiger partial charge in [-0.3, -0.25) is 9.11 Å². The van der Waals surface area contributed by atoms with Gasteiger partial charge in [-0.25, -0.2) is 0 Å². The zero-order chi connectivity index (χ0) is 16.3. The molecule has 2 rings (SSSR count). The van der Waals surface area contributed by atoms with E-state index in [-0.39, 0.29) is 6.04 Å². The van der Waals surface area contributed by atoms with Gasteiger partial charge in [-0.2, -0.15) is 0 Å². The van der Waals surface area contributed by atoms with Crippen LogP contribution in [0.2, 0.25) is 0 Å². The molecule has 1 aromatic rings. The molecule has 0 aromatic heterocycles. The molecule has 0 amide bonds. The van der Waals surface area contributed by atoms with Crippen molar-refractivity contribution in [3.63, 3.8) is 0 Å². The first-order valence-corrected chi connectivity index (χ1v) is 9.72. The van der Waals surface area contributed by atoms with Crippen molar-refractivity contribution in [2.24, 2.45) is 5.92 Å². The van der Waals surface area contributed by atoms with Crippen LogP contribution < -0.4 is 0 Å². The quantitative estimate of drug-likeness (QED) is 0.903. The molecule has 1 aromatic carbocycles. The third kappa shape index (κ3) is 4.40. The summed E-state index contributed by atoms with van der Waals surface area (Å²) < 4.78 is 11.5. The van der Waals surface area contributed by atoms with E-state index in [4.69, 9.17) is 0 Å². The van der Waals surface area contributed by atoms with Gasteiger partial charge in [0.05, 0.1) is 5.60 Å². The Kier molecular flexibility index (Phi) is 5.81. The van der Waals surface area contributed by atoms with Gasteiger partial charge in [-0.15, -0.1) is 0 Å². The molecule has 0 heterocycles. The number of hydrogen-bond donors (Lipinski definition) is 1. The number of hydrogen-bond acceptors (Lipinski definition) is 3. The molecule has 3 nitrogen and oxygen atoms in total. The van der Waals surface area contributed by atoms with Gasteiger partial charge in [-0.1, -0.05) is 19.1 Å². The minimum absolute atomic E-state index is 0.239. The van der Waals surface area contributed by atoms with E-state index in [2.05, 4.69) is 25.8 Å². The van der Waals surface area contributed by atoms with Gasteiger partial charge in [0, 0.05) is 34.5 Å². The normalized spacial score (nSPS) is 28.5. The highest BCUT2D eigenvalue weighted by Gasteiger charge is 2.33. The molecule has 0 saturated heterocycles. The molecule has 4 heteroatoms. The van der Waals surface area contributed by atoms with Crippen molar-refractivity contribution >= 4 is 10.8 Å². The van der Waals surface area contributed by atoms with Gasteiger partial charge in [0.1, 0.15) is 0 Å². The number of nitrogens with zero attached hydrogens (tertiary/aromatic N) is 1. The molecule has 0 bridgehead atoms. The first kappa shape index (κ1) is 17.6. The van der Waals surface area contributed by atoms with Gasteiger partial charge >= 0.3 is 0 Å². The van der Waals surface area contributed by atoms with Crippen molar-refractivity contribution in [1.29, 1.82) is 0 Å². The molecule has 1 N–H and O–H groups in total. The standard InChI is InChI=1S/C18H29NO2S/c1-14-9-11-18(20,12-10-14)13-19(3)15(2)16-5-7-17(8-6-16)22(4)21/h5-8,14-15,20H,9-13H2,1-4H3. The molecule has 1 aliphatic carbocycles. The Morgan fingerprint density at radius 3 is 2.36 bits per heavy atom. The largest absolute Gasteiger partial charge is 0.389 e. The molecule has 1 saturated carbocycles. The molecule has 2 atom stereocenters. The lowest BCUT2D eigenvalue weighted by Gasteiger charge is -2.39. The van der Waals surface area contributed by atoms with Crippen LogP contribution in [0.4, 0.5) is 0 Å². The molecule has 1 aliphatic rings. The lowest BCUT2D eigenvalue weighted by Crippen LogP contribution is -2.44. The van der Waals surface area contributed by atoms with Crippen LogP contribution in [0.25, 0.3) is 0 Å². The van der Waals surface area contributed by atoms with Crippen LogP contribution in [-0.4, -0.2) is 39.7 Å². The fraction of sp³-hybridized carbons (Fsp3) is 0.667. The summed E-state index contributed by atoms with van der Waals surface area (Å²) in [6.07, 6.45) is 5.74. The molecule has 2 unspecified atom stereocenters. The Morgan fingerprint density at radius 2 is 1.86 bits per heavy atom. The Labute approximate surface area is 137 Å². The Balaban J connectivity index is 1.99. The van der Waals surface area contributed by atoms with Gasteiger partial charge in [0.25, 0.3) is 0 Å². The van der Waals surface area contributed by atoms with E-state index in [0.717, 1.165) is 36.5 Å².